The summed E-state index contributed by atoms with van der Waals surface area (Å²) in [6.07, 6.45) is 1.57. The van der Waals surface area contributed by atoms with Crippen LogP contribution in [0.5, 0.6) is 0 Å². The number of esters is 1. The first-order valence-corrected chi connectivity index (χ1v) is 10.8. The van der Waals surface area contributed by atoms with Crippen LogP contribution in [0.25, 0.3) is 10.9 Å². The lowest BCUT2D eigenvalue weighted by Gasteiger charge is -2.08. The summed E-state index contributed by atoms with van der Waals surface area (Å²) in [7, 11) is 0. The molecule has 0 radical (unpaired) electrons. The van der Waals surface area contributed by atoms with Gasteiger partial charge in [-0.25, -0.2) is 9.78 Å². The fourth-order valence-electron chi connectivity index (χ4n) is 2.94. The number of ketones is 1. The Kier molecular flexibility index (Phi) is 5.83. The molecule has 0 aliphatic rings. The van der Waals surface area contributed by atoms with Crippen LogP contribution in [0, 0.1) is 17.0 Å². The van der Waals surface area contributed by atoms with Crippen LogP contribution in [0.3, 0.4) is 0 Å². The number of Topliss-reactive ketones (excluding diaryl/α,β-unsaturated/α-hetero) is 1. The fraction of sp³-hybridized carbons (Fsp3) is 0.0952. The molecule has 0 saturated carbocycles. The number of nitrogens with zero attached hydrogens (tertiary/aromatic N) is 2. The summed E-state index contributed by atoms with van der Waals surface area (Å²) in [6.45, 7) is 1.37. The van der Waals surface area contributed by atoms with Crippen LogP contribution in [0.4, 0.5) is 5.69 Å². The number of ether oxygens (including phenoxy) is 1. The number of para-hydroxylation sites is 1. The first kappa shape index (κ1) is 20.8. The molecule has 0 amide bonds. The maximum Gasteiger partial charge on any atom is 0.339 e. The molecule has 31 heavy (non-hydrogen) atoms. The topological polar surface area (TPSA) is 115 Å². The lowest BCUT2D eigenvalue weighted by Crippen LogP contribution is -2.15. The summed E-state index contributed by atoms with van der Waals surface area (Å²) in [5, 5.41) is 13.8. The van der Waals surface area contributed by atoms with E-state index in [1.165, 1.54) is 35.2 Å². The van der Waals surface area contributed by atoms with Crippen molar-refractivity contribution in [3.8, 4) is 0 Å². The second kappa shape index (κ2) is 8.70. The molecule has 4 rings (SSSR count). The number of nitrogens with one attached hydrogen (secondary N) is 1. The van der Waals surface area contributed by atoms with Crippen LogP contribution in [0.15, 0.2) is 63.3 Å². The number of hydrogen-bond acceptors (Lipinski definition) is 8. The summed E-state index contributed by atoms with van der Waals surface area (Å²) in [6, 6.07) is 11.2. The number of carbonyl (C=O) groups is 2. The summed E-state index contributed by atoms with van der Waals surface area (Å²) >= 11 is 2.61. The Morgan fingerprint density at radius 2 is 2.03 bits per heavy atom. The predicted octanol–water partition coefficient (Wildman–Crippen LogP) is 5.03. The lowest BCUT2D eigenvalue weighted by atomic mass is 10.1. The highest BCUT2D eigenvalue weighted by atomic mass is 32.2. The van der Waals surface area contributed by atoms with Gasteiger partial charge in [0.05, 0.1) is 10.5 Å². The van der Waals surface area contributed by atoms with Gasteiger partial charge < -0.3 is 9.72 Å². The van der Waals surface area contributed by atoms with Gasteiger partial charge in [-0.05, 0) is 19.1 Å². The minimum Gasteiger partial charge on any atom is -0.454 e. The number of rotatable bonds is 7. The molecule has 156 valence electrons. The molecule has 0 aliphatic carbocycles. The van der Waals surface area contributed by atoms with Crippen molar-refractivity contribution >= 4 is 51.4 Å². The van der Waals surface area contributed by atoms with Crippen molar-refractivity contribution in [1.29, 1.82) is 0 Å². The minimum atomic E-state index is -0.812. The number of nitro benzene ring substituents is 1. The van der Waals surface area contributed by atoms with Crippen LogP contribution in [-0.2, 0) is 4.74 Å². The number of non-ortho nitro benzene ring substituents is 1. The molecule has 2 aromatic heterocycles. The Morgan fingerprint density at radius 3 is 2.77 bits per heavy atom. The van der Waals surface area contributed by atoms with Gasteiger partial charge in [0.15, 0.2) is 10.9 Å². The van der Waals surface area contributed by atoms with E-state index < -0.39 is 17.5 Å². The second-order valence-electron chi connectivity index (χ2n) is 6.54. The summed E-state index contributed by atoms with van der Waals surface area (Å²) < 4.78 is 5.92. The maximum atomic E-state index is 12.7. The van der Waals surface area contributed by atoms with Crippen LogP contribution in [0.1, 0.15) is 26.4 Å². The predicted molar refractivity (Wildman–Crippen MR) is 117 cm³/mol. The van der Waals surface area contributed by atoms with E-state index in [1.54, 1.807) is 12.3 Å². The van der Waals surface area contributed by atoms with Gasteiger partial charge in [0.1, 0.15) is 0 Å². The number of benzene rings is 2. The number of aromatic amines is 1. The first-order chi connectivity index (χ1) is 14.9. The van der Waals surface area contributed by atoms with E-state index in [-0.39, 0.29) is 17.0 Å². The lowest BCUT2D eigenvalue weighted by molar-refractivity contribution is -0.384. The number of nitro groups is 1. The van der Waals surface area contributed by atoms with E-state index in [1.807, 2.05) is 30.5 Å². The van der Waals surface area contributed by atoms with Crippen molar-refractivity contribution in [2.75, 3.05) is 6.61 Å². The molecule has 0 saturated heterocycles. The van der Waals surface area contributed by atoms with E-state index >= 15 is 0 Å². The molecule has 8 nitrogen and oxygen atoms in total. The van der Waals surface area contributed by atoms with Gasteiger partial charge in [0.2, 0.25) is 5.78 Å². The quantitative estimate of drug-likeness (QED) is 0.180. The van der Waals surface area contributed by atoms with Gasteiger partial charge in [-0.1, -0.05) is 30.0 Å². The molecule has 2 aromatic carbocycles. The monoisotopic (exact) mass is 453 g/mol. The summed E-state index contributed by atoms with van der Waals surface area (Å²) in [5.41, 5.74) is 1.82. The molecule has 0 fully saturated rings. The molecule has 0 bridgehead atoms. The van der Waals surface area contributed by atoms with Gasteiger partial charge in [0.25, 0.3) is 5.69 Å². The Hall–Kier alpha value is -3.50. The molecule has 2 heterocycles. The van der Waals surface area contributed by atoms with E-state index in [0.29, 0.717) is 14.8 Å². The van der Waals surface area contributed by atoms with Gasteiger partial charge in [-0.15, -0.1) is 11.3 Å². The van der Waals surface area contributed by atoms with Crippen molar-refractivity contribution < 1.29 is 19.2 Å². The van der Waals surface area contributed by atoms with E-state index in [2.05, 4.69) is 9.97 Å². The Labute approximate surface area is 184 Å². The largest absolute Gasteiger partial charge is 0.454 e. The molecule has 4 aromatic rings. The van der Waals surface area contributed by atoms with Crippen molar-refractivity contribution in [2.24, 2.45) is 0 Å². The number of H-pyrrole nitrogens is 1. The highest BCUT2D eigenvalue weighted by Gasteiger charge is 2.21. The van der Waals surface area contributed by atoms with Crippen molar-refractivity contribution in [1.82, 2.24) is 9.97 Å². The number of hydrogen-bond donors (Lipinski definition) is 1. The van der Waals surface area contributed by atoms with Gasteiger partial charge >= 0.3 is 5.97 Å². The molecule has 0 aliphatic heterocycles. The number of carbonyl (C=O) groups excluding carboxylic acids is 2. The van der Waals surface area contributed by atoms with Gasteiger partial charge in [0, 0.05) is 50.8 Å². The average Bonchev–Trinajstić information content (AvgIpc) is 3.38. The number of fused-ring (bicyclic) bond motifs is 1. The molecular weight excluding hydrogens is 438 g/mol. The first-order valence-electron chi connectivity index (χ1n) is 9.07. The number of aromatic nitrogens is 2. The van der Waals surface area contributed by atoms with Crippen LogP contribution < -0.4 is 0 Å². The van der Waals surface area contributed by atoms with E-state index in [9.17, 15) is 19.7 Å². The Morgan fingerprint density at radius 1 is 1.23 bits per heavy atom. The Balaban J connectivity index is 1.55. The second-order valence-corrected chi connectivity index (χ2v) is 8.69. The molecule has 0 unspecified atom stereocenters. The van der Waals surface area contributed by atoms with E-state index in [4.69, 9.17) is 4.74 Å². The normalized spacial score (nSPS) is 10.9. The number of aryl methyl sites for hydroxylation is 1. The molecular formula is C21H15N3O5S2. The fourth-order valence-corrected chi connectivity index (χ4v) is 4.84. The standard InChI is InChI=1S/C21H15N3O5S2/c1-12-11-30-21(23-12)31-19-7-6-13(24(27)28)8-15(19)20(26)29-10-18(25)16-9-22-17-5-3-2-4-14(16)17/h2-9,11,22H,10H2,1H3. The third kappa shape index (κ3) is 4.49. The average molecular weight is 454 g/mol. The highest BCUT2D eigenvalue weighted by molar-refractivity contribution is 8.01. The maximum absolute atomic E-state index is 12.7. The molecule has 0 atom stereocenters. The van der Waals surface area contributed by atoms with E-state index in [0.717, 1.165) is 22.7 Å². The summed E-state index contributed by atoms with van der Waals surface area (Å²) in [4.78, 5) is 43.7. The SMILES string of the molecule is Cc1csc(Sc2ccc([N+](=O)[O-])cc2C(=O)OCC(=O)c2c[nH]c3ccccc23)n1. The zero-order valence-corrected chi connectivity index (χ0v) is 17.8. The zero-order chi connectivity index (χ0) is 22.0. The van der Waals surface area contributed by atoms with Crippen LogP contribution in [0.2, 0.25) is 0 Å². The van der Waals surface area contributed by atoms with Gasteiger partial charge in [-0.3, -0.25) is 14.9 Å². The van der Waals surface area contributed by atoms with Crippen LogP contribution in [-0.4, -0.2) is 33.3 Å². The highest BCUT2D eigenvalue weighted by Crippen LogP contribution is 2.34. The van der Waals surface area contributed by atoms with Crippen molar-refractivity contribution in [3.05, 3.63) is 81.0 Å². The van der Waals surface area contributed by atoms with Crippen molar-refractivity contribution in [2.45, 2.75) is 16.2 Å². The van der Waals surface area contributed by atoms with Crippen molar-refractivity contribution in [3.63, 3.8) is 0 Å². The smallest absolute Gasteiger partial charge is 0.339 e. The minimum absolute atomic E-state index is 0.0128. The third-order valence-electron chi connectivity index (χ3n) is 4.41. The van der Waals surface area contributed by atoms with Gasteiger partial charge in [-0.2, -0.15) is 0 Å². The Bertz CT molecular complexity index is 1310. The third-order valence-corrected chi connectivity index (χ3v) is 6.55. The van der Waals surface area contributed by atoms with Crippen LogP contribution >= 0.6 is 23.1 Å². The molecule has 10 heteroatoms. The molecule has 0 spiro atoms. The molecule has 1 N–H and O–H groups in total. The number of thiazole rings is 1. The zero-order valence-electron chi connectivity index (χ0n) is 16.2. The summed E-state index contributed by atoms with van der Waals surface area (Å²) in [5.74, 6) is -1.19.